The smallest absolute Gasteiger partial charge is 0.407 e. The van der Waals surface area contributed by atoms with E-state index in [1.54, 1.807) is 0 Å². The summed E-state index contributed by atoms with van der Waals surface area (Å²) in [5, 5.41) is 2.89. The van der Waals surface area contributed by atoms with Crippen LogP contribution in [0.2, 0.25) is 0 Å². The van der Waals surface area contributed by atoms with E-state index in [0.717, 1.165) is 37.0 Å². The van der Waals surface area contributed by atoms with Crippen LogP contribution in [0.5, 0.6) is 5.75 Å². The predicted octanol–water partition coefficient (Wildman–Crippen LogP) is 4.67. The first-order chi connectivity index (χ1) is 10.7. The van der Waals surface area contributed by atoms with Crippen LogP contribution in [0.4, 0.5) is 4.79 Å². The number of rotatable bonds is 10. The predicted molar refractivity (Wildman–Crippen MR) is 89.7 cm³/mol. The minimum Gasteiger partial charge on any atom is -0.494 e. The second-order valence-electron chi connectivity index (χ2n) is 5.05. The number of benzene rings is 1. The van der Waals surface area contributed by atoms with E-state index in [1.807, 2.05) is 31.2 Å². The number of carbonyl (C=O) groups is 1. The van der Waals surface area contributed by atoms with Gasteiger partial charge in [0.2, 0.25) is 0 Å². The van der Waals surface area contributed by atoms with Crippen molar-refractivity contribution in [2.45, 2.75) is 45.6 Å². The summed E-state index contributed by atoms with van der Waals surface area (Å²) in [5.74, 6) is 1.41. The first-order valence-corrected chi connectivity index (χ1v) is 8.46. The van der Waals surface area contributed by atoms with Gasteiger partial charge in [-0.1, -0.05) is 32.4 Å². The van der Waals surface area contributed by atoms with Gasteiger partial charge in [0.1, 0.15) is 5.75 Å². The highest BCUT2D eigenvalue weighted by Gasteiger charge is 2.13. The van der Waals surface area contributed by atoms with E-state index in [4.69, 9.17) is 21.1 Å². The molecule has 4 nitrogen and oxygen atoms in total. The fraction of sp³-hybridized carbons (Fsp3) is 0.588. The zero-order chi connectivity index (χ0) is 16.2. The first kappa shape index (κ1) is 18.6. The Kier molecular flexibility index (Phi) is 9.47. The van der Waals surface area contributed by atoms with Gasteiger partial charge in [-0.25, -0.2) is 4.79 Å². The molecule has 124 valence electrons. The standard InChI is InChI=1S/C17H26ClNO3/c1-3-5-12-22-17(20)19-16(4-2)14-7-9-15(10-8-14)21-13-6-11-18/h7-10,16H,3-6,11-13H2,1-2H3,(H,19,20). The lowest BCUT2D eigenvalue weighted by molar-refractivity contribution is 0.140. The molecule has 1 aromatic rings. The quantitative estimate of drug-likeness (QED) is 0.501. The molecule has 1 N–H and O–H groups in total. The summed E-state index contributed by atoms with van der Waals surface area (Å²) in [4.78, 5) is 11.7. The van der Waals surface area contributed by atoms with Crippen molar-refractivity contribution in [3.63, 3.8) is 0 Å². The zero-order valence-corrected chi connectivity index (χ0v) is 14.2. The highest BCUT2D eigenvalue weighted by molar-refractivity contribution is 6.17. The van der Waals surface area contributed by atoms with Crippen LogP contribution >= 0.6 is 11.6 Å². The van der Waals surface area contributed by atoms with E-state index >= 15 is 0 Å². The van der Waals surface area contributed by atoms with Crippen LogP contribution in [0.15, 0.2) is 24.3 Å². The van der Waals surface area contributed by atoms with Gasteiger partial charge in [-0.2, -0.15) is 0 Å². The van der Waals surface area contributed by atoms with Gasteiger partial charge in [-0.05, 0) is 37.0 Å². The van der Waals surface area contributed by atoms with Crippen molar-refractivity contribution < 1.29 is 14.3 Å². The molecule has 1 amide bonds. The molecule has 0 saturated heterocycles. The van der Waals surface area contributed by atoms with E-state index in [0.29, 0.717) is 19.1 Å². The second-order valence-corrected chi connectivity index (χ2v) is 5.43. The largest absolute Gasteiger partial charge is 0.494 e. The number of unbranched alkanes of at least 4 members (excludes halogenated alkanes) is 1. The molecule has 5 heteroatoms. The fourth-order valence-electron chi connectivity index (χ4n) is 1.96. The van der Waals surface area contributed by atoms with Crippen LogP contribution in [0.25, 0.3) is 0 Å². The Morgan fingerprint density at radius 2 is 1.91 bits per heavy atom. The Morgan fingerprint density at radius 3 is 2.50 bits per heavy atom. The van der Waals surface area contributed by atoms with Crippen LogP contribution in [0, 0.1) is 0 Å². The minimum atomic E-state index is -0.359. The Labute approximate surface area is 138 Å². The number of hydrogen-bond acceptors (Lipinski definition) is 3. The monoisotopic (exact) mass is 327 g/mol. The highest BCUT2D eigenvalue weighted by Crippen LogP contribution is 2.20. The molecule has 1 aromatic carbocycles. The lowest BCUT2D eigenvalue weighted by Gasteiger charge is -2.17. The molecule has 0 aromatic heterocycles. The van der Waals surface area contributed by atoms with Crippen LogP contribution in [0.1, 0.15) is 51.1 Å². The third-order valence-electron chi connectivity index (χ3n) is 3.26. The molecule has 0 heterocycles. The number of alkyl carbamates (subject to hydrolysis) is 1. The summed E-state index contributed by atoms with van der Waals surface area (Å²) in [6.45, 7) is 5.17. The van der Waals surface area contributed by atoms with Gasteiger partial charge in [0.05, 0.1) is 19.3 Å². The molecule has 0 aliphatic heterocycles. The van der Waals surface area contributed by atoms with Crippen molar-refractivity contribution in [1.82, 2.24) is 5.32 Å². The average molecular weight is 328 g/mol. The SMILES string of the molecule is CCCCOC(=O)NC(CC)c1ccc(OCCCCl)cc1. The van der Waals surface area contributed by atoms with E-state index in [1.165, 1.54) is 0 Å². The van der Waals surface area contributed by atoms with Gasteiger partial charge in [0.15, 0.2) is 0 Å². The average Bonchev–Trinajstić information content (AvgIpc) is 2.54. The molecule has 1 rings (SSSR count). The topological polar surface area (TPSA) is 47.6 Å². The first-order valence-electron chi connectivity index (χ1n) is 7.93. The molecule has 0 aliphatic carbocycles. The zero-order valence-electron chi connectivity index (χ0n) is 13.4. The van der Waals surface area contributed by atoms with Gasteiger partial charge in [-0.15, -0.1) is 11.6 Å². The molecule has 0 radical (unpaired) electrons. The number of amides is 1. The van der Waals surface area contributed by atoms with E-state index in [-0.39, 0.29) is 12.1 Å². The number of hydrogen-bond donors (Lipinski definition) is 1. The molecule has 0 bridgehead atoms. The summed E-state index contributed by atoms with van der Waals surface area (Å²) in [7, 11) is 0. The molecular weight excluding hydrogens is 302 g/mol. The Morgan fingerprint density at radius 1 is 1.18 bits per heavy atom. The maximum absolute atomic E-state index is 11.7. The number of carbonyl (C=O) groups excluding carboxylic acids is 1. The molecule has 0 fully saturated rings. The van der Waals surface area contributed by atoms with Crippen LogP contribution in [-0.2, 0) is 4.74 Å². The molecule has 0 spiro atoms. The molecule has 1 unspecified atom stereocenters. The summed E-state index contributed by atoms with van der Waals surface area (Å²) >= 11 is 5.62. The second kappa shape index (κ2) is 11.2. The van der Waals surface area contributed by atoms with Crippen molar-refractivity contribution >= 4 is 17.7 Å². The lowest BCUT2D eigenvalue weighted by Crippen LogP contribution is -2.29. The van der Waals surface area contributed by atoms with Crippen LogP contribution in [-0.4, -0.2) is 25.2 Å². The third kappa shape index (κ3) is 7.03. The molecule has 0 aliphatic rings. The van der Waals surface area contributed by atoms with Crippen molar-refractivity contribution in [3.8, 4) is 5.75 Å². The molecule has 22 heavy (non-hydrogen) atoms. The van der Waals surface area contributed by atoms with E-state index in [9.17, 15) is 4.79 Å². The van der Waals surface area contributed by atoms with Gasteiger partial charge >= 0.3 is 6.09 Å². The van der Waals surface area contributed by atoms with Crippen molar-refractivity contribution in [2.24, 2.45) is 0 Å². The minimum absolute atomic E-state index is 0.0500. The normalized spacial score (nSPS) is 11.8. The number of alkyl halides is 1. The highest BCUT2D eigenvalue weighted by atomic mass is 35.5. The van der Waals surface area contributed by atoms with E-state index < -0.39 is 0 Å². The third-order valence-corrected chi connectivity index (χ3v) is 3.53. The van der Waals surface area contributed by atoms with Crippen molar-refractivity contribution in [2.75, 3.05) is 19.1 Å². The number of halogens is 1. The number of nitrogens with one attached hydrogen (secondary N) is 1. The molecular formula is C17H26ClNO3. The van der Waals surface area contributed by atoms with E-state index in [2.05, 4.69) is 12.2 Å². The maximum atomic E-state index is 11.7. The van der Waals surface area contributed by atoms with Gasteiger partial charge in [-0.3, -0.25) is 0 Å². The van der Waals surface area contributed by atoms with Crippen LogP contribution in [0.3, 0.4) is 0 Å². The summed E-state index contributed by atoms with van der Waals surface area (Å²) in [6.07, 6.45) is 3.16. The van der Waals surface area contributed by atoms with Gasteiger partial charge in [0.25, 0.3) is 0 Å². The Hall–Kier alpha value is -1.42. The summed E-state index contributed by atoms with van der Waals surface area (Å²) in [5.41, 5.74) is 1.04. The Balaban J connectivity index is 2.50. The molecule has 0 saturated carbocycles. The van der Waals surface area contributed by atoms with Gasteiger partial charge < -0.3 is 14.8 Å². The number of ether oxygens (including phenoxy) is 2. The van der Waals surface area contributed by atoms with Crippen molar-refractivity contribution in [3.05, 3.63) is 29.8 Å². The summed E-state index contributed by atoms with van der Waals surface area (Å²) in [6, 6.07) is 7.71. The van der Waals surface area contributed by atoms with Gasteiger partial charge in [0, 0.05) is 5.88 Å². The Bertz CT molecular complexity index is 422. The van der Waals surface area contributed by atoms with Crippen LogP contribution < -0.4 is 10.1 Å². The molecule has 1 atom stereocenters. The lowest BCUT2D eigenvalue weighted by atomic mass is 10.0. The summed E-state index contributed by atoms with van der Waals surface area (Å²) < 4.78 is 10.7. The maximum Gasteiger partial charge on any atom is 0.407 e. The van der Waals surface area contributed by atoms with Crippen molar-refractivity contribution in [1.29, 1.82) is 0 Å². The fourth-order valence-corrected chi connectivity index (χ4v) is 2.06.